The first-order valence-electron chi connectivity index (χ1n) is 5.23. The van der Waals surface area contributed by atoms with Crippen LogP contribution in [0.25, 0.3) is 0 Å². The number of nitrogens with zero attached hydrogens (tertiary/aromatic N) is 1. The van der Waals surface area contributed by atoms with E-state index in [2.05, 4.69) is 18.9 Å². The minimum atomic E-state index is -0.325. The molecule has 0 aliphatic heterocycles. The Labute approximate surface area is 80.9 Å². The van der Waals surface area contributed by atoms with Crippen LogP contribution in [-0.4, -0.2) is 42.3 Å². The molecule has 2 unspecified atom stereocenters. The van der Waals surface area contributed by atoms with E-state index in [1.54, 1.807) is 0 Å². The van der Waals surface area contributed by atoms with E-state index in [-0.39, 0.29) is 6.10 Å². The Morgan fingerprint density at radius 1 is 1.54 bits per heavy atom. The average molecular weight is 186 g/mol. The second kappa shape index (κ2) is 4.94. The van der Waals surface area contributed by atoms with Gasteiger partial charge in [0.05, 0.1) is 6.10 Å². The zero-order valence-electron chi connectivity index (χ0n) is 8.74. The summed E-state index contributed by atoms with van der Waals surface area (Å²) in [6.45, 7) is 3.61. The highest BCUT2D eigenvalue weighted by Gasteiger charge is 2.30. The van der Waals surface area contributed by atoms with Gasteiger partial charge in [-0.2, -0.15) is 0 Å². The van der Waals surface area contributed by atoms with Gasteiger partial charge in [0.15, 0.2) is 0 Å². The Morgan fingerprint density at radius 3 is 2.62 bits per heavy atom. The van der Waals surface area contributed by atoms with Crippen molar-refractivity contribution in [2.75, 3.05) is 20.1 Å². The molecule has 0 radical (unpaired) electrons. The molecule has 0 heterocycles. The molecule has 0 aromatic rings. The molecule has 1 aliphatic rings. The molecular formula is C10H22N2O. The molecule has 3 N–H and O–H groups in total. The molecule has 0 spiro atoms. The van der Waals surface area contributed by atoms with Gasteiger partial charge in [-0.3, -0.25) is 0 Å². The Bertz CT molecular complexity index is 148. The monoisotopic (exact) mass is 186 g/mol. The molecule has 3 heteroatoms. The van der Waals surface area contributed by atoms with Gasteiger partial charge in [-0.05, 0) is 39.2 Å². The van der Waals surface area contributed by atoms with Crippen molar-refractivity contribution < 1.29 is 5.11 Å². The van der Waals surface area contributed by atoms with Gasteiger partial charge in [-0.15, -0.1) is 0 Å². The summed E-state index contributed by atoms with van der Waals surface area (Å²) in [5.41, 5.74) is 5.34. The largest absolute Gasteiger partial charge is 0.392 e. The molecule has 2 atom stereocenters. The summed E-state index contributed by atoms with van der Waals surface area (Å²) in [5.74, 6) is 0.903. The molecule has 0 amide bonds. The Kier molecular flexibility index (Phi) is 4.16. The van der Waals surface area contributed by atoms with Gasteiger partial charge >= 0.3 is 0 Å². The summed E-state index contributed by atoms with van der Waals surface area (Å²) >= 11 is 0. The fourth-order valence-corrected chi connectivity index (χ4v) is 1.61. The van der Waals surface area contributed by atoms with E-state index in [9.17, 15) is 5.11 Å². The van der Waals surface area contributed by atoms with Crippen molar-refractivity contribution in [2.45, 2.75) is 38.3 Å². The lowest BCUT2D eigenvalue weighted by atomic mass is 10.1. The van der Waals surface area contributed by atoms with Gasteiger partial charge in [-0.1, -0.05) is 0 Å². The van der Waals surface area contributed by atoms with Gasteiger partial charge in [0.25, 0.3) is 0 Å². The summed E-state index contributed by atoms with van der Waals surface area (Å²) < 4.78 is 0. The third kappa shape index (κ3) is 3.63. The maximum Gasteiger partial charge on any atom is 0.0674 e. The molecule has 0 aromatic carbocycles. The Morgan fingerprint density at radius 2 is 2.15 bits per heavy atom. The molecule has 13 heavy (non-hydrogen) atoms. The SMILES string of the molecule is CC(C1CC1)N(C)CCC(O)CN. The predicted octanol–water partition coefficient (Wildman–Crippen LogP) is 0.426. The maximum atomic E-state index is 9.29. The third-order valence-corrected chi connectivity index (χ3v) is 3.09. The van der Waals surface area contributed by atoms with E-state index in [0.29, 0.717) is 12.6 Å². The van der Waals surface area contributed by atoms with Crippen LogP contribution in [0.2, 0.25) is 0 Å². The van der Waals surface area contributed by atoms with Crippen LogP contribution in [0, 0.1) is 5.92 Å². The zero-order valence-corrected chi connectivity index (χ0v) is 8.74. The average Bonchev–Trinajstić information content (AvgIpc) is 2.95. The lowest BCUT2D eigenvalue weighted by molar-refractivity contribution is 0.139. The van der Waals surface area contributed by atoms with Crippen LogP contribution >= 0.6 is 0 Å². The quantitative estimate of drug-likeness (QED) is 0.632. The van der Waals surface area contributed by atoms with E-state index in [1.165, 1.54) is 12.8 Å². The topological polar surface area (TPSA) is 49.5 Å². The normalized spacial score (nSPS) is 21.9. The standard InChI is InChI=1S/C10H22N2O/c1-8(9-3-4-9)12(2)6-5-10(13)7-11/h8-10,13H,3-7,11H2,1-2H3. The summed E-state index contributed by atoms with van der Waals surface area (Å²) in [5, 5.41) is 9.29. The lowest BCUT2D eigenvalue weighted by Crippen LogP contribution is -2.34. The van der Waals surface area contributed by atoms with E-state index < -0.39 is 0 Å². The molecule has 3 nitrogen and oxygen atoms in total. The first-order valence-corrected chi connectivity index (χ1v) is 5.23. The number of hydrogen-bond acceptors (Lipinski definition) is 3. The second-order valence-electron chi connectivity index (χ2n) is 4.24. The number of aliphatic hydroxyl groups excluding tert-OH is 1. The van der Waals surface area contributed by atoms with E-state index >= 15 is 0 Å². The van der Waals surface area contributed by atoms with Crippen LogP contribution in [0.5, 0.6) is 0 Å². The fraction of sp³-hybridized carbons (Fsp3) is 1.00. The van der Waals surface area contributed by atoms with Crippen LogP contribution in [0.1, 0.15) is 26.2 Å². The van der Waals surface area contributed by atoms with Gasteiger partial charge in [0, 0.05) is 19.1 Å². The first-order chi connectivity index (χ1) is 6.15. The molecule has 1 saturated carbocycles. The molecule has 1 aliphatic carbocycles. The Balaban J connectivity index is 2.12. The van der Waals surface area contributed by atoms with E-state index in [1.807, 2.05) is 0 Å². The molecule has 0 aromatic heterocycles. The number of aliphatic hydroxyl groups is 1. The smallest absolute Gasteiger partial charge is 0.0674 e. The highest BCUT2D eigenvalue weighted by Crippen LogP contribution is 2.34. The van der Waals surface area contributed by atoms with Crippen LogP contribution in [-0.2, 0) is 0 Å². The molecular weight excluding hydrogens is 164 g/mol. The summed E-state index contributed by atoms with van der Waals surface area (Å²) in [4.78, 5) is 2.33. The predicted molar refractivity (Wildman–Crippen MR) is 54.5 cm³/mol. The number of hydrogen-bond donors (Lipinski definition) is 2. The van der Waals surface area contributed by atoms with Gasteiger partial charge in [-0.25, -0.2) is 0 Å². The molecule has 78 valence electrons. The minimum absolute atomic E-state index is 0.325. The van der Waals surface area contributed by atoms with Crippen molar-refractivity contribution in [3.63, 3.8) is 0 Å². The zero-order chi connectivity index (χ0) is 9.84. The van der Waals surface area contributed by atoms with Crippen molar-refractivity contribution in [1.82, 2.24) is 4.90 Å². The number of rotatable bonds is 6. The van der Waals surface area contributed by atoms with Crippen molar-refractivity contribution in [3.05, 3.63) is 0 Å². The van der Waals surface area contributed by atoms with E-state index in [0.717, 1.165) is 18.9 Å². The van der Waals surface area contributed by atoms with Crippen molar-refractivity contribution in [3.8, 4) is 0 Å². The fourth-order valence-electron chi connectivity index (χ4n) is 1.61. The summed E-state index contributed by atoms with van der Waals surface area (Å²) in [7, 11) is 2.13. The molecule has 0 saturated heterocycles. The van der Waals surface area contributed by atoms with Crippen molar-refractivity contribution >= 4 is 0 Å². The summed E-state index contributed by atoms with van der Waals surface area (Å²) in [6, 6.07) is 0.671. The minimum Gasteiger partial charge on any atom is -0.392 e. The van der Waals surface area contributed by atoms with Crippen LogP contribution < -0.4 is 5.73 Å². The number of nitrogens with two attached hydrogens (primary N) is 1. The van der Waals surface area contributed by atoms with Crippen molar-refractivity contribution in [1.29, 1.82) is 0 Å². The van der Waals surface area contributed by atoms with Crippen molar-refractivity contribution in [2.24, 2.45) is 11.7 Å². The first kappa shape index (κ1) is 11.0. The third-order valence-electron chi connectivity index (χ3n) is 3.09. The maximum absolute atomic E-state index is 9.29. The lowest BCUT2D eigenvalue weighted by Gasteiger charge is -2.25. The molecule has 0 bridgehead atoms. The van der Waals surface area contributed by atoms with Crippen LogP contribution in [0.4, 0.5) is 0 Å². The van der Waals surface area contributed by atoms with E-state index in [4.69, 9.17) is 5.73 Å². The second-order valence-corrected chi connectivity index (χ2v) is 4.24. The van der Waals surface area contributed by atoms with Crippen LogP contribution in [0.3, 0.4) is 0 Å². The Hall–Kier alpha value is -0.120. The highest BCUT2D eigenvalue weighted by atomic mass is 16.3. The van der Waals surface area contributed by atoms with Gasteiger partial charge in [0.1, 0.15) is 0 Å². The van der Waals surface area contributed by atoms with Gasteiger partial charge in [0.2, 0.25) is 0 Å². The molecule has 1 fully saturated rings. The van der Waals surface area contributed by atoms with Crippen LogP contribution in [0.15, 0.2) is 0 Å². The molecule has 1 rings (SSSR count). The summed E-state index contributed by atoms with van der Waals surface area (Å²) in [6.07, 6.45) is 3.23. The van der Waals surface area contributed by atoms with Gasteiger partial charge < -0.3 is 15.7 Å². The highest BCUT2D eigenvalue weighted by molar-refractivity contribution is 4.84.